The molecule has 0 saturated carbocycles. The van der Waals surface area contributed by atoms with Gasteiger partial charge in [-0.15, -0.1) is 0 Å². The first-order chi connectivity index (χ1) is 16.9. The van der Waals surface area contributed by atoms with Crippen LogP contribution in [0.15, 0.2) is 12.2 Å². The molecule has 0 aromatic carbocycles. The number of allylic oxidation sites excluding steroid dienone is 2. The Balaban J connectivity index is 4.04. The van der Waals surface area contributed by atoms with Gasteiger partial charge >= 0.3 is 0 Å². The first-order valence-electron chi connectivity index (χ1n) is 13.9. The molecule has 0 radical (unpaired) electrons. The second kappa shape index (κ2) is 23.4. The Kier molecular flexibility index (Phi) is 22.7. The summed E-state index contributed by atoms with van der Waals surface area (Å²) in [5.41, 5.74) is 5.55. The van der Waals surface area contributed by atoms with E-state index in [1.165, 1.54) is 62.7 Å². The summed E-state index contributed by atoms with van der Waals surface area (Å²) >= 11 is 0. The van der Waals surface area contributed by atoms with E-state index in [9.17, 15) is 25.2 Å². The number of nitrogens with zero attached hydrogens (tertiary/aromatic N) is 1. The molecule has 0 spiro atoms. The summed E-state index contributed by atoms with van der Waals surface area (Å²) < 4.78 is 0. The van der Waals surface area contributed by atoms with Crippen molar-refractivity contribution in [1.29, 1.82) is 0 Å². The van der Waals surface area contributed by atoms with Crippen LogP contribution in [0.25, 0.3) is 0 Å². The van der Waals surface area contributed by atoms with Crippen molar-refractivity contribution in [1.82, 2.24) is 4.90 Å². The summed E-state index contributed by atoms with van der Waals surface area (Å²) in [4.78, 5) is 14.1. The Morgan fingerprint density at radius 3 is 1.74 bits per heavy atom. The maximum absolute atomic E-state index is 12.6. The van der Waals surface area contributed by atoms with Gasteiger partial charge in [-0.2, -0.15) is 0 Å². The Morgan fingerprint density at radius 1 is 0.743 bits per heavy atom. The van der Waals surface area contributed by atoms with Crippen LogP contribution >= 0.6 is 0 Å². The van der Waals surface area contributed by atoms with Gasteiger partial charge in [0.15, 0.2) is 6.10 Å². The summed E-state index contributed by atoms with van der Waals surface area (Å²) in [6.45, 7) is 2.63. The maximum atomic E-state index is 12.6. The molecule has 8 heteroatoms. The van der Waals surface area contributed by atoms with Crippen LogP contribution in [0.5, 0.6) is 0 Å². The molecule has 0 aliphatic carbocycles. The molecule has 0 unspecified atom stereocenters. The summed E-state index contributed by atoms with van der Waals surface area (Å²) in [6, 6.07) is 0. The fourth-order valence-corrected chi connectivity index (χ4v) is 4.02. The minimum Gasteiger partial charge on any atom is -0.394 e. The first kappa shape index (κ1) is 34.0. The average Bonchev–Trinajstić information content (AvgIpc) is 2.87. The number of aliphatic hydroxyl groups excluding tert-OH is 5. The molecule has 8 nitrogen and oxygen atoms in total. The van der Waals surface area contributed by atoms with Gasteiger partial charge in [-0.3, -0.25) is 4.79 Å². The molecule has 0 aliphatic heterocycles. The van der Waals surface area contributed by atoms with Gasteiger partial charge < -0.3 is 36.2 Å². The molecule has 35 heavy (non-hydrogen) atoms. The number of carbonyl (C=O) groups excluding carboxylic acids is 1. The summed E-state index contributed by atoms with van der Waals surface area (Å²) in [5.74, 6) is -0.706. The van der Waals surface area contributed by atoms with Crippen LogP contribution < -0.4 is 5.73 Å². The van der Waals surface area contributed by atoms with E-state index in [2.05, 4.69) is 19.1 Å². The van der Waals surface area contributed by atoms with Gasteiger partial charge in [0.2, 0.25) is 0 Å². The SMILES string of the molecule is CCCCCCCCC=CCCCCCCCCN(CCCN)C(=O)[C@H](O)[C@@H](O)[C@H](O)[C@H](O)CO. The largest absolute Gasteiger partial charge is 0.394 e. The number of nitrogens with two attached hydrogens (primary N) is 1. The number of unbranched alkanes of at least 4 members (excludes halogenated alkanes) is 12. The molecule has 1 amide bonds. The van der Waals surface area contributed by atoms with Crippen molar-refractivity contribution in [3.8, 4) is 0 Å². The molecular formula is C27H54N2O6. The monoisotopic (exact) mass is 502 g/mol. The number of hydrogen-bond donors (Lipinski definition) is 6. The Morgan fingerprint density at radius 2 is 1.23 bits per heavy atom. The quantitative estimate of drug-likeness (QED) is 0.0878. The van der Waals surface area contributed by atoms with Gasteiger partial charge in [-0.05, 0) is 45.1 Å². The van der Waals surface area contributed by atoms with E-state index < -0.39 is 36.9 Å². The molecule has 0 rings (SSSR count). The van der Waals surface area contributed by atoms with Crippen molar-refractivity contribution in [2.45, 2.75) is 128 Å². The Bertz CT molecular complexity index is 520. The van der Waals surface area contributed by atoms with Gasteiger partial charge in [0.1, 0.15) is 18.3 Å². The molecular weight excluding hydrogens is 448 g/mol. The fourth-order valence-electron chi connectivity index (χ4n) is 4.02. The lowest BCUT2D eigenvalue weighted by molar-refractivity contribution is -0.158. The normalized spacial score (nSPS) is 15.3. The highest BCUT2D eigenvalue weighted by atomic mass is 16.4. The number of rotatable bonds is 24. The van der Waals surface area contributed by atoms with Gasteiger partial charge in [0.05, 0.1) is 6.61 Å². The zero-order valence-electron chi connectivity index (χ0n) is 22.1. The van der Waals surface area contributed by atoms with Crippen LogP contribution in [0.4, 0.5) is 0 Å². The van der Waals surface area contributed by atoms with Crippen LogP contribution in [0.1, 0.15) is 103 Å². The highest BCUT2D eigenvalue weighted by Crippen LogP contribution is 2.12. The lowest BCUT2D eigenvalue weighted by Crippen LogP contribution is -2.53. The van der Waals surface area contributed by atoms with Gasteiger partial charge in [0, 0.05) is 13.1 Å². The third kappa shape index (κ3) is 17.1. The van der Waals surface area contributed by atoms with E-state index in [0.29, 0.717) is 26.1 Å². The summed E-state index contributed by atoms with van der Waals surface area (Å²) in [7, 11) is 0. The lowest BCUT2D eigenvalue weighted by Gasteiger charge is -2.30. The standard InChI is InChI=1S/C27H54N2O6/c1-2-3-4-5-6-7-8-9-10-11-12-13-14-15-16-17-20-29(21-18-19-28)27(35)26(34)25(33)24(32)23(31)22-30/h9-10,23-26,30-34H,2-8,11-22,28H2,1H3/t23-,24-,25+,26-/m1/s1. The van der Waals surface area contributed by atoms with E-state index in [-0.39, 0.29) is 0 Å². The minimum absolute atomic E-state index is 0.350. The van der Waals surface area contributed by atoms with Crippen molar-refractivity contribution < 1.29 is 30.3 Å². The number of carbonyl (C=O) groups is 1. The maximum Gasteiger partial charge on any atom is 0.254 e. The van der Waals surface area contributed by atoms with Gasteiger partial charge in [-0.1, -0.05) is 76.9 Å². The van der Waals surface area contributed by atoms with Crippen LogP contribution in [0.3, 0.4) is 0 Å². The van der Waals surface area contributed by atoms with Crippen molar-refractivity contribution in [3.63, 3.8) is 0 Å². The zero-order valence-corrected chi connectivity index (χ0v) is 22.1. The van der Waals surface area contributed by atoms with E-state index in [1.807, 2.05) is 0 Å². The molecule has 4 atom stereocenters. The van der Waals surface area contributed by atoms with Crippen LogP contribution in [0, 0.1) is 0 Å². The zero-order chi connectivity index (χ0) is 26.3. The summed E-state index contributed by atoms with van der Waals surface area (Å²) in [5, 5.41) is 48.3. The van der Waals surface area contributed by atoms with E-state index in [0.717, 1.165) is 32.1 Å². The Labute approximate surface area is 213 Å². The molecule has 208 valence electrons. The van der Waals surface area contributed by atoms with E-state index in [1.54, 1.807) is 0 Å². The van der Waals surface area contributed by atoms with Crippen LogP contribution in [0.2, 0.25) is 0 Å². The van der Waals surface area contributed by atoms with E-state index in [4.69, 9.17) is 10.8 Å². The molecule has 0 aromatic rings. The molecule has 7 N–H and O–H groups in total. The van der Waals surface area contributed by atoms with Crippen LogP contribution in [-0.4, -0.2) is 87.0 Å². The molecule has 0 saturated heterocycles. The average molecular weight is 503 g/mol. The number of amides is 1. The predicted octanol–water partition coefficient (Wildman–Crippen LogP) is 2.64. The van der Waals surface area contributed by atoms with Crippen molar-refractivity contribution >= 4 is 5.91 Å². The molecule has 0 fully saturated rings. The van der Waals surface area contributed by atoms with Crippen molar-refractivity contribution in [3.05, 3.63) is 12.2 Å². The fraction of sp³-hybridized carbons (Fsp3) is 0.889. The Hall–Kier alpha value is -1.03. The third-order valence-electron chi connectivity index (χ3n) is 6.39. The smallest absolute Gasteiger partial charge is 0.254 e. The van der Waals surface area contributed by atoms with Gasteiger partial charge in [0.25, 0.3) is 5.91 Å². The highest BCUT2D eigenvalue weighted by Gasteiger charge is 2.36. The van der Waals surface area contributed by atoms with Gasteiger partial charge in [-0.25, -0.2) is 0 Å². The number of aliphatic hydroxyl groups is 5. The number of hydrogen-bond acceptors (Lipinski definition) is 7. The van der Waals surface area contributed by atoms with Crippen molar-refractivity contribution in [2.24, 2.45) is 5.73 Å². The third-order valence-corrected chi connectivity index (χ3v) is 6.39. The molecule has 0 aliphatic rings. The second-order valence-corrected chi connectivity index (χ2v) is 9.58. The molecule has 0 aromatic heterocycles. The second-order valence-electron chi connectivity index (χ2n) is 9.58. The molecule has 0 bridgehead atoms. The lowest BCUT2D eigenvalue weighted by atomic mass is 10.0. The van der Waals surface area contributed by atoms with Crippen LogP contribution in [-0.2, 0) is 4.79 Å². The first-order valence-corrected chi connectivity index (χ1v) is 13.9. The van der Waals surface area contributed by atoms with Crippen molar-refractivity contribution in [2.75, 3.05) is 26.2 Å². The minimum atomic E-state index is -1.88. The summed E-state index contributed by atoms with van der Waals surface area (Å²) in [6.07, 6.45) is 14.7. The predicted molar refractivity (Wildman–Crippen MR) is 141 cm³/mol. The van der Waals surface area contributed by atoms with E-state index >= 15 is 0 Å². The topological polar surface area (TPSA) is 147 Å². The molecule has 0 heterocycles. The highest BCUT2D eigenvalue weighted by molar-refractivity contribution is 5.81.